The minimum Gasteiger partial charge on any atom is -0.479 e. The Kier molecular flexibility index (Phi) is 10.1. The summed E-state index contributed by atoms with van der Waals surface area (Å²) in [7, 11) is 0. The lowest BCUT2D eigenvalue weighted by Crippen LogP contribution is -2.22. The molecule has 2 rings (SSSR count). The van der Waals surface area contributed by atoms with Crippen molar-refractivity contribution in [2.75, 3.05) is 13.3 Å². The number of ether oxygens (including phenoxy) is 1. The van der Waals surface area contributed by atoms with E-state index in [-0.39, 0.29) is 5.78 Å². The van der Waals surface area contributed by atoms with Gasteiger partial charge in [-0.05, 0) is 45.7 Å². The van der Waals surface area contributed by atoms with E-state index in [0.717, 1.165) is 19.4 Å². The number of benzene rings is 1. The number of ketones is 1. The van der Waals surface area contributed by atoms with Crippen LogP contribution in [0.1, 0.15) is 88.9 Å². The van der Waals surface area contributed by atoms with Crippen molar-refractivity contribution in [2.45, 2.75) is 84.2 Å². The van der Waals surface area contributed by atoms with Crippen LogP contribution in [0.2, 0.25) is 0 Å². The molecule has 0 aliphatic carbocycles. The van der Waals surface area contributed by atoms with Crippen molar-refractivity contribution >= 4 is 5.78 Å². The molecule has 0 bridgehead atoms. The predicted octanol–water partition coefficient (Wildman–Crippen LogP) is 6.25. The van der Waals surface area contributed by atoms with Crippen LogP contribution in [0.4, 0.5) is 0 Å². The van der Waals surface area contributed by atoms with E-state index >= 15 is 0 Å². The fourth-order valence-corrected chi connectivity index (χ4v) is 3.19. The number of unbranched alkanes of at least 4 members (excludes halogenated alkanes) is 7. The smallest absolute Gasteiger partial charge is 0.176 e. The number of hydrogen-bond acceptors (Lipinski definition) is 5. The van der Waals surface area contributed by atoms with Gasteiger partial charge in [0.05, 0.1) is 5.56 Å². The van der Waals surface area contributed by atoms with Gasteiger partial charge in [0.25, 0.3) is 0 Å². The Morgan fingerprint density at radius 2 is 1.66 bits per heavy atom. The molecule has 29 heavy (non-hydrogen) atoms. The van der Waals surface area contributed by atoms with E-state index in [4.69, 9.17) is 14.5 Å². The van der Waals surface area contributed by atoms with Crippen molar-refractivity contribution in [3.8, 4) is 5.75 Å². The summed E-state index contributed by atoms with van der Waals surface area (Å²) < 4.78 is 5.18. The minimum atomic E-state index is -0.421. The molecule has 0 N–H and O–H groups in total. The van der Waals surface area contributed by atoms with E-state index in [9.17, 15) is 4.79 Å². The lowest BCUT2D eigenvalue weighted by atomic mass is 10.0. The van der Waals surface area contributed by atoms with E-state index in [2.05, 4.69) is 4.90 Å². The van der Waals surface area contributed by atoms with Gasteiger partial charge in [-0.25, -0.2) is 0 Å². The minimum absolute atomic E-state index is 0.123. The highest BCUT2D eigenvalue weighted by atomic mass is 17.2. The van der Waals surface area contributed by atoms with Crippen molar-refractivity contribution in [2.24, 2.45) is 0 Å². The van der Waals surface area contributed by atoms with Gasteiger partial charge in [0.2, 0.25) is 0 Å². The molecule has 0 saturated heterocycles. The largest absolute Gasteiger partial charge is 0.479 e. The molecule has 0 aromatic heterocycles. The SMILES string of the molecule is CC(C)(C)OOc1ccccc1C(=O)CCCCCCCCCCN1C=COC1. The lowest BCUT2D eigenvalue weighted by molar-refractivity contribution is -0.274. The fraction of sp³-hybridized carbons (Fsp3) is 0.625. The molecule has 1 aromatic rings. The normalized spacial score (nSPS) is 13.6. The number of hydrogen-bond donors (Lipinski definition) is 0. The third-order valence-electron chi connectivity index (χ3n) is 4.78. The van der Waals surface area contributed by atoms with E-state index < -0.39 is 5.60 Å². The van der Waals surface area contributed by atoms with Gasteiger partial charge in [-0.15, -0.1) is 0 Å². The van der Waals surface area contributed by atoms with Crippen molar-refractivity contribution in [3.05, 3.63) is 42.3 Å². The molecule has 0 unspecified atom stereocenters. The second-order valence-electron chi connectivity index (χ2n) is 8.67. The average molecular weight is 404 g/mol. The molecule has 0 atom stereocenters. The highest BCUT2D eigenvalue weighted by Gasteiger charge is 2.17. The monoisotopic (exact) mass is 403 g/mol. The Balaban J connectivity index is 1.53. The summed E-state index contributed by atoms with van der Waals surface area (Å²) in [6.07, 6.45) is 13.9. The van der Waals surface area contributed by atoms with Crippen molar-refractivity contribution < 1.29 is 19.3 Å². The first kappa shape index (κ1) is 23.3. The van der Waals surface area contributed by atoms with E-state index in [1.165, 1.54) is 38.5 Å². The molecule has 1 heterocycles. The number of para-hydroxylation sites is 1. The van der Waals surface area contributed by atoms with Crippen LogP contribution in [0.15, 0.2) is 36.7 Å². The molecule has 0 amide bonds. The van der Waals surface area contributed by atoms with E-state index in [0.29, 0.717) is 24.5 Å². The summed E-state index contributed by atoms with van der Waals surface area (Å²) >= 11 is 0. The van der Waals surface area contributed by atoms with Gasteiger partial charge < -0.3 is 14.5 Å². The first-order valence-electron chi connectivity index (χ1n) is 11.0. The highest BCUT2D eigenvalue weighted by molar-refractivity contribution is 5.98. The van der Waals surface area contributed by atoms with Crippen LogP contribution in [0.3, 0.4) is 0 Å². The molecule has 162 valence electrons. The molecule has 5 nitrogen and oxygen atoms in total. The Hall–Kier alpha value is -2.01. The zero-order valence-electron chi connectivity index (χ0n) is 18.3. The molecule has 1 aromatic carbocycles. The molecule has 0 spiro atoms. The summed E-state index contributed by atoms with van der Waals surface area (Å²) in [4.78, 5) is 25.5. The van der Waals surface area contributed by atoms with Crippen LogP contribution in [0.25, 0.3) is 0 Å². The summed E-state index contributed by atoms with van der Waals surface area (Å²) in [6, 6.07) is 7.32. The second kappa shape index (κ2) is 12.5. The third-order valence-corrected chi connectivity index (χ3v) is 4.78. The summed E-state index contributed by atoms with van der Waals surface area (Å²) in [5.41, 5.74) is 0.186. The van der Waals surface area contributed by atoms with Crippen LogP contribution in [0, 0.1) is 0 Å². The maximum atomic E-state index is 12.6. The van der Waals surface area contributed by atoms with Gasteiger partial charge in [0, 0.05) is 19.2 Å². The lowest BCUT2D eigenvalue weighted by Gasteiger charge is -2.18. The van der Waals surface area contributed by atoms with Crippen LogP contribution in [-0.2, 0) is 9.62 Å². The van der Waals surface area contributed by atoms with Gasteiger partial charge in [0.15, 0.2) is 18.3 Å². The van der Waals surface area contributed by atoms with Crippen molar-refractivity contribution in [1.29, 1.82) is 0 Å². The van der Waals surface area contributed by atoms with Crippen LogP contribution in [0.5, 0.6) is 5.75 Å². The molecule has 5 heteroatoms. The van der Waals surface area contributed by atoms with Gasteiger partial charge in [-0.2, -0.15) is 4.89 Å². The van der Waals surface area contributed by atoms with Gasteiger partial charge >= 0.3 is 0 Å². The standard InChI is InChI=1S/C24H37NO4/c1-24(2,3)29-28-23-16-12-11-14-21(23)22(26)15-10-8-6-4-5-7-9-13-17-25-18-19-27-20-25/h11-12,14,16,18-19H,4-10,13,15,17,20H2,1-3H3. The maximum Gasteiger partial charge on any atom is 0.176 e. The molecular weight excluding hydrogens is 366 g/mol. The van der Waals surface area contributed by atoms with Crippen molar-refractivity contribution in [3.63, 3.8) is 0 Å². The fourth-order valence-electron chi connectivity index (χ4n) is 3.19. The summed E-state index contributed by atoms with van der Waals surface area (Å²) in [5, 5.41) is 0. The summed E-state index contributed by atoms with van der Waals surface area (Å²) in [5.74, 6) is 0.626. The maximum absolute atomic E-state index is 12.6. The number of carbonyl (C=O) groups is 1. The number of rotatable bonds is 14. The first-order valence-corrected chi connectivity index (χ1v) is 11.0. The Morgan fingerprint density at radius 1 is 1.00 bits per heavy atom. The van der Waals surface area contributed by atoms with Crippen LogP contribution < -0.4 is 4.89 Å². The topological polar surface area (TPSA) is 48.0 Å². The number of nitrogens with zero attached hydrogens (tertiary/aromatic N) is 1. The molecule has 1 aliphatic rings. The number of carbonyl (C=O) groups excluding carboxylic acids is 1. The Labute approximate surface area is 175 Å². The third kappa shape index (κ3) is 9.84. The molecule has 0 saturated carbocycles. The number of Topliss-reactive ketones (excluding diaryl/α,β-unsaturated/α-hetero) is 1. The zero-order chi connectivity index (χ0) is 21.0. The molecule has 0 fully saturated rings. The van der Waals surface area contributed by atoms with Gasteiger partial charge in [-0.1, -0.05) is 50.7 Å². The van der Waals surface area contributed by atoms with Crippen LogP contribution in [-0.4, -0.2) is 29.6 Å². The Bertz CT molecular complexity index is 636. The van der Waals surface area contributed by atoms with E-state index in [1.54, 1.807) is 12.3 Å². The molecule has 0 radical (unpaired) electrons. The van der Waals surface area contributed by atoms with E-state index in [1.807, 2.05) is 45.2 Å². The zero-order valence-corrected chi connectivity index (χ0v) is 18.3. The molecule has 1 aliphatic heterocycles. The Morgan fingerprint density at radius 3 is 2.31 bits per heavy atom. The van der Waals surface area contributed by atoms with Crippen molar-refractivity contribution in [1.82, 2.24) is 4.90 Å². The predicted molar refractivity (Wildman–Crippen MR) is 116 cm³/mol. The van der Waals surface area contributed by atoms with Gasteiger partial charge in [0.1, 0.15) is 11.9 Å². The quantitative estimate of drug-likeness (QED) is 0.159. The molecular formula is C24H37NO4. The first-order chi connectivity index (χ1) is 14.0. The average Bonchev–Trinajstić information content (AvgIpc) is 3.21. The highest BCUT2D eigenvalue weighted by Crippen LogP contribution is 2.23. The summed E-state index contributed by atoms with van der Waals surface area (Å²) in [6.45, 7) is 7.54. The van der Waals surface area contributed by atoms with Crippen LogP contribution >= 0.6 is 0 Å². The van der Waals surface area contributed by atoms with Gasteiger partial charge in [-0.3, -0.25) is 4.79 Å². The second-order valence-corrected chi connectivity index (χ2v) is 8.67.